The zero-order valence-corrected chi connectivity index (χ0v) is 20.8. The standard InChI is InChI=1S/C24H17N9O5S/c1-3-37-24-20(38-19-9-5-4-8-18(19)36-2)23(31-39(34,35)16-7-6-11-25-14-16)27-21(28-24)15-10-12-26-17(13-15)22-29-32-33-30-22/h1,4-14H,2H3,(H,27,28,31)(H,29,30,32,33). The zero-order chi connectivity index (χ0) is 27.2. The topological polar surface area (TPSA) is 180 Å². The van der Waals surface area contributed by atoms with Gasteiger partial charge in [0.15, 0.2) is 23.1 Å². The number of sulfonamides is 1. The van der Waals surface area contributed by atoms with E-state index in [2.05, 4.69) is 45.3 Å². The molecule has 0 aliphatic carbocycles. The highest BCUT2D eigenvalue weighted by Gasteiger charge is 2.25. The minimum Gasteiger partial charge on any atom is -0.493 e. The van der Waals surface area contributed by atoms with Crippen LogP contribution in [-0.4, -0.2) is 56.1 Å². The fraction of sp³-hybridized carbons (Fsp3) is 0.0417. The molecule has 39 heavy (non-hydrogen) atoms. The summed E-state index contributed by atoms with van der Waals surface area (Å²) in [7, 11) is -2.73. The maximum atomic E-state index is 13.2. The SMILES string of the molecule is C#COc1nc(-c2ccnc(-c3nn[nH]n3)c2)nc(NS(=O)(=O)c2cccnc2)c1Oc1ccccc1OC. The fourth-order valence-corrected chi connectivity index (χ4v) is 4.28. The van der Waals surface area contributed by atoms with Crippen LogP contribution in [0.3, 0.4) is 0 Å². The van der Waals surface area contributed by atoms with Gasteiger partial charge < -0.3 is 14.2 Å². The van der Waals surface area contributed by atoms with Crippen LogP contribution in [-0.2, 0) is 10.0 Å². The maximum Gasteiger partial charge on any atom is 0.279 e. The molecular formula is C24H17N9O5S. The molecule has 5 rings (SSSR count). The highest BCUT2D eigenvalue weighted by Crippen LogP contribution is 2.41. The Morgan fingerprint density at radius 3 is 2.59 bits per heavy atom. The lowest BCUT2D eigenvalue weighted by atomic mass is 10.2. The Morgan fingerprint density at radius 2 is 1.87 bits per heavy atom. The first-order valence-corrected chi connectivity index (χ1v) is 12.5. The number of aromatic amines is 1. The van der Waals surface area contributed by atoms with Gasteiger partial charge in [-0.25, -0.2) is 13.4 Å². The van der Waals surface area contributed by atoms with Gasteiger partial charge >= 0.3 is 0 Å². The highest BCUT2D eigenvalue weighted by atomic mass is 32.2. The second-order valence-electron chi connectivity index (χ2n) is 7.46. The van der Waals surface area contributed by atoms with Crippen molar-refractivity contribution < 1.29 is 22.6 Å². The van der Waals surface area contributed by atoms with Crippen LogP contribution in [0.1, 0.15) is 0 Å². The first kappa shape index (κ1) is 25.0. The molecule has 0 unspecified atom stereocenters. The Hall–Kier alpha value is -5.62. The molecule has 4 heterocycles. The van der Waals surface area contributed by atoms with Gasteiger partial charge in [-0.15, -0.1) is 10.2 Å². The minimum atomic E-state index is -4.18. The maximum absolute atomic E-state index is 13.2. The van der Waals surface area contributed by atoms with Crippen molar-refractivity contribution in [1.82, 2.24) is 40.6 Å². The molecule has 0 saturated heterocycles. The Kier molecular flexibility index (Phi) is 6.92. The van der Waals surface area contributed by atoms with Crippen LogP contribution in [0.25, 0.3) is 22.9 Å². The van der Waals surface area contributed by atoms with Crippen LogP contribution >= 0.6 is 0 Å². The number of nitrogens with zero attached hydrogens (tertiary/aromatic N) is 7. The largest absolute Gasteiger partial charge is 0.493 e. The van der Waals surface area contributed by atoms with Gasteiger partial charge in [-0.1, -0.05) is 18.6 Å². The number of para-hydroxylation sites is 2. The molecule has 0 radical (unpaired) electrons. The summed E-state index contributed by atoms with van der Waals surface area (Å²) in [5.74, 6) is 0.125. The number of anilines is 1. The number of terminal acetylenes is 1. The summed E-state index contributed by atoms with van der Waals surface area (Å²) >= 11 is 0. The van der Waals surface area contributed by atoms with Crippen LogP contribution in [0.4, 0.5) is 5.82 Å². The Bertz CT molecular complexity index is 1760. The summed E-state index contributed by atoms with van der Waals surface area (Å²) in [5.41, 5.74) is 0.772. The number of tetrazole rings is 1. The average molecular weight is 544 g/mol. The fourth-order valence-electron chi connectivity index (χ4n) is 3.31. The van der Waals surface area contributed by atoms with Crippen molar-refractivity contribution in [2.45, 2.75) is 4.90 Å². The lowest BCUT2D eigenvalue weighted by Gasteiger charge is -2.17. The van der Waals surface area contributed by atoms with Gasteiger partial charge in [0, 0.05) is 24.2 Å². The molecule has 1 aromatic carbocycles. The molecular weight excluding hydrogens is 526 g/mol. The molecule has 0 bridgehead atoms. The summed E-state index contributed by atoms with van der Waals surface area (Å²) in [4.78, 5) is 16.8. The van der Waals surface area contributed by atoms with E-state index >= 15 is 0 Å². The number of pyridine rings is 2. The third kappa shape index (κ3) is 5.40. The van der Waals surface area contributed by atoms with Crippen molar-refractivity contribution in [3.63, 3.8) is 0 Å². The van der Waals surface area contributed by atoms with E-state index in [0.29, 0.717) is 17.0 Å². The van der Waals surface area contributed by atoms with Gasteiger partial charge in [0.05, 0.1) is 7.11 Å². The smallest absolute Gasteiger partial charge is 0.279 e. The van der Waals surface area contributed by atoms with Crippen LogP contribution in [0.15, 0.2) is 72.0 Å². The van der Waals surface area contributed by atoms with E-state index in [0.717, 1.165) is 0 Å². The van der Waals surface area contributed by atoms with E-state index in [1.807, 2.05) is 6.11 Å². The molecule has 15 heteroatoms. The molecule has 0 saturated carbocycles. The lowest BCUT2D eigenvalue weighted by molar-refractivity contribution is 0.368. The van der Waals surface area contributed by atoms with E-state index in [4.69, 9.17) is 20.6 Å². The summed E-state index contributed by atoms with van der Waals surface area (Å²) in [6.07, 6.45) is 11.6. The van der Waals surface area contributed by atoms with Crippen molar-refractivity contribution >= 4 is 15.8 Å². The number of benzene rings is 1. The summed E-state index contributed by atoms with van der Waals surface area (Å²) in [5, 5.41) is 13.7. The third-order valence-corrected chi connectivity index (χ3v) is 6.36. The van der Waals surface area contributed by atoms with E-state index in [1.54, 1.807) is 36.4 Å². The molecule has 5 aromatic rings. The number of H-pyrrole nitrogens is 1. The molecule has 0 atom stereocenters. The van der Waals surface area contributed by atoms with Crippen molar-refractivity contribution in [2.24, 2.45) is 0 Å². The van der Waals surface area contributed by atoms with Gasteiger partial charge in [0.1, 0.15) is 16.7 Å². The Labute approximate surface area is 221 Å². The number of hydrogen-bond acceptors (Lipinski definition) is 12. The van der Waals surface area contributed by atoms with E-state index in [9.17, 15) is 8.42 Å². The van der Waals surface area contributed by atoms with Crippen LogP contribution in [0.5, 0.6) is 23.1 Å². The van der Waals surface area contributed by atoms with Gasteiger partial charge in [-0.3, -0.25) is 14.7 Å². The summed E-state index contributed by atoms with van der Waals surface area (Å²) in [6.45, 7) is 0. The quantitative estimate of drug-likeness (QED) is 0.260. The molecule has 0 aliphatic heterocycles. The van der Waals surface area contributed by atoms with Crippen molar-refractivity contribution in [3.05, 3.63) is 67.1 Å². The van der Waals surface area contributed by atoms with Gasteiger partial charge in [-0.2, -0.15) is 10.2 Å². The van der Waals surface area contributed by atoms with E-state index in [1.165, 1.54) is 37.8 Å². The number of nitrogens with one attached hydrogen (secondary N) is 2. The molecule has 2 N–H and O–H groups in total. The van der Waals surface area contributed by atoms with Crippen LogP contribution in [0.2, 0.25) is 0 Å². The van der Waals surface area contributed by atoms with Gasteiger partial charge in [0.2, 0.25) is 11.6 Å². The molecule has 194 valence electrons. The monoisotopic (exact) mass is 543 g/mol. The molecule has 0 spiro atoms. The first-order chi connectivity index (χ1) is 19.0. The lowest BCUT2D eigenvalue weighted by Crippen LogP contribution is -2.16. The molecule has 0 fully saturated rings. The van der Waals surface area contributed by atoms with Gasteiger partial charge in [0.25, 0.3) is 15.9 Å². The predicted octanol–water partition coefficient (Wildman–Crippen LogP) is 2.68. The average Bonchev–Trinajstić information content (AvgIpc) is 3.51. The Balaban J connectivity index is 1.68. The molecule has 14 nitrogen and oxygen atoms in total. The number of ether oxygens (including phenoxy) is 3. The normalized spacial score (nSPS) is 10.9. The van der Waals surface area contributed by atoms with E-state index in [-0.39, 0.29) is 39.7 Å². The summed E-state index contributed by atoms with van der Waals surface area (Å²) in [6, 6.07) is 12.7. The Morgan fingerprint density at radius 1 is 1.03 bits per heavy atom. The van der Waals surface area contributed by atoms with Crippen molar-refractivity contribution in [2.75, 3.05) is 11.8 Å². The van der Waals surface area contributed by atoms with Gasteiger partial charge in [-0.05, 0) is 41.6 Å². The number of rotatable bonds is 9. The van der Waals surface area contributed by atoms with Crippen LogP contribution in [0, 0.1) is 12.5 Å². The van der Waals surface area contributed by atoms with E-state index < -0.39 is 10.0 Å². The zero-order valence-electron chi connectivity index (χ0n) is 20.0. The summed E-state index contributed by atoms with van der Waals surface area (Å²) < 4.78 is 45.6. The van der Waals surface area contributed by atoms with Crippen molar-refractivity contribution in [3.8, 4) is 58.6 Å². The number of aromatic nitrogens is 8. The third-order valence-electron chi connectivity index (χ3n) is 5.04. The second kappa shape index (κ2) is 10.8. The number of hydrogen-bond donors (Lipinski definition) is 2. The highest BCUT2D eigenvalue weighted by molar-refractivity contribution is 7.92. The molecule has 0 amide bonds. The second-order valence-corrected chi connectivity index (χ2v) is 9.14. The van der Waals surface area contributed by atoms with Crippen molar-refractivity contribution in [1.29, 1.82) is 0 Å². The molecule has 0 aliphatic rings. The predicted molar refractivity (Wildman–Crippen MR) is 136 cm³/mol. The number of methoxy groups -OCH3 is 1. The molecule has 4 aromatic heterocycles. The van der Waals surface area contributed by atoms with Crippen LogP contribution < -0.4 is 18.9 Å². The first-order valence-electron chi connectivity index (χ1n) is 11.0. The minimum absolute atomic E-state index is 0.0312.